The molecule has 0 saturated carbocycles. The minimum atomic E-state index is 0. The number of aliphatic imine (C=N–C) groups is 1. The average Bonchev–Trinajstić information content (AvgIpc) is 3.09. The number of rotatable bonds is 5. The molecule has 3 rings (SSSR count). The maximum absolute atomic E-state index is 5.96. The summed E-state index contributed by atoms with van der Waals surface area (Å²) < 4.78 is 7.80. The number of hydrogen-bond acceptors (Lipinski definition) is 4. The number of morpholine rings is 1. The quantitative estimate of drug-likeness (QED) is 0.390. The van der Waals surface area contributed by atoms with E-state index in [0.29, 0.717) is 0 Å². The summed E-state index contributed by atoms with van der Waals surface area (Å²) >= 11 is 0. The Bertz CT molecular complexity index is 585. The van der Waals surface area contributed by atoms with Crippen LogP contribution in [0.5, 0.6) is 0 Å². The smallest absolute Gasteiger partial charge is 0.194 e. The summed E-state index contributed by atoms with van der Waals surface area (Å²) in [4.78, 5) is 9.68. The van der Waals surface area contributed by atoms with Crippen molar-refractivity contribution < 1.29 is 4.74 Å². The molecule has 0 aliphatic carbocycles. The summed E-state index contributed by atoms with van der Waals surface area (Å²) in [5.74, 6) is 1.85. The molecule has 1 aromatic heterocycles. The molecule has 154 valence electrons. The van der Waals surface area contributed by atoms with E-state index in [-0.39, 0.29) is 30.1 Å². The molecule has 2 aliphatic rings. The maximum atomic E-state index is 5.96. The van der Waals surface area contributed by atoms with Gasteiger partial charge in [-0.2, -0.15) is 5.10 Å². The highest BCUT2D eigenvalue weighted by molar-refractivity contribution is 14.0. The number of piperidine rings is 1. The Kier molecular flexibility index (Phi) is 9.31. The van der Waals surface area contributed by atoms with Gasteiger partial charge in [0.25, 0.3) is 0 Å². The van der Waals surface area contributed by atoms with E-state index in [0.717, 1.165) is 50.2 Å². The topological polar surface area (TPSA) is 57.9 Å². The highest BCUT2D eigenvalue weighted by Crippen LogP contribution is 2.22. The second kappa shape index (κ2) is 11.2. The molecule has 1 aromatic rings. The molecule has 2 aliphatic heterocycles. The van der Waals surface area contributed by atoms with E-state index < -0.39 is 0 Å². The van der Waals surface area contributed by atoms with Crippen molar-refractivity contribution >= 4 is 29.9 Å². The van der Waals surface area contributed by atoms with Gasteiger partial charge in [-0.1, -0.05) is 0 Å². The maximum Gasteiger partial charge on any atom is 0.194 e. The molecule has 0 aromatic carbocycles. The summed E-state index contributed by atoms with van der Waals surface area (Å²) in [7, 11) is 4.16. The average molecular weight is 490 g/mol. The van der Waals surface area contributed by atoms with Gasteiger partial charge in [0.05, 0.1) is 19.3 Å². The lowest BCUT2D eigenvalue weighted by atomic mass is 9.94. The fourth-order valence-corrected chi connectivity index (χ4v) is 3.78. The largest absolute Gasteiger partial charge is 0.370 e. The third-order valence-electron chi connectivity index (χ3n) is 5.43. The Morgan fingerprint density at radius 1 is 1.30 bits per heavy atom. The Labute approximate surface area is 180 Å². The van der Waals surface area contributed by atoms with E-state index in [9.17, 15) is 0 Å². The molecular formula is C19H35IN6O. The van der Waals surface area contributed by atoms with Gasteiger partial charge in [0.1, 0.15) is 6.10 Å². The third kappa shape index (κ3) is 6.60. The molecule has 0 spiro atoms. The van der Waals surface area contributed by atoms with Crippen LogP contribution in [-0.4, -0.2) is 78.5 Å². The van der Waals surface area contributed by atoms with Gasteiger partial charge in [0, 0.05) is 38.4 Å². The molecule has 8 heteroatoms. The molecular weight excluding hydrogens is 455 g/mol. The Hall–Kier alpha value is -0.870. The van der Waals surface area contributed by atoms with E-state index in [1.165, 1.54) is 32.4 Å². The van der Waals surface area contributed by atoms with Gasteiger partial charge in [0.2, 0.25) is 0 Å². The van der Waals surface area contributed by atoms with Crippen LogP contribution in [0.3, 0.4) is 0 Å². The first kappa shape index (κ1) is 22.4. The summed E-state index contributed by atoms with van der Waals surface area (Å²) in [5, 5.41) is 7.74. The molecule has 1 atom stereocenters. The van der Waals surface area contributed by atoms with E-state index in [4.69, 9.17) is 9.73 Å². The first-order valence-corrected chi connectivity index (χ1v) is 9.97. The summed E-state index contributed by atoms with van der Waals surface area (Å²) in [6, 6.07) is 0. The predicted molar refractivity (Wildman–Crippen MR) is 120 cm³/mol. The van der Waals surface area contributed by atoms with Crippen molar-refractivity contribution in [3.05, 3.63) is 18.0 Å². The monoisotopic (exact) mass is 490 g/mol. The zero-order valence-corrected chi connectivity index (χ0v) is 19.3. The van der Waals surface area contributed by atoms with Crippen molar-refractivity contribution in [2.24, 2.45) is 18.0 Å². The SMILES string of the molecule is CCNC(=NCCC1CCN(C)CC1)N1CCOC(c2cnn(C)c2)C1.I. The number of nitrogens with zero attached hydrogens (tertiary/aromatic N) is 5. The molecule has 7 nitrogen and oxygen atoms in total. The van der Waals surface area contributed by atoms with Crippen LogP contribution in [0.15, 0.2) is 17.4 Å². The van der Waals surface area contributed by atoms with Crippen LogP contribution in [0.1, 0.15) is 37.9 Å². The zero-order valence-electron chi connectivity index (χ0n) is 16.9. The van der Waals surface area contributed by atoms with Gasteiger partial charge in [-0.15, -0.1) is 24.0 Å². The Morgan fingerprint density at radius 2 is 2.07 bits per heavy atom. The van der Waals surface area contributed by atoms with Crippen molar-refractivity contribution in [2.75, 3.05) is 52.9 Å². The number of hydrogen-bond donors (Lipinski definition) is 1. The number of guanidine groups is 1. The Balaban J connectivity index is 0.00000261. The minimum absolute atomic E-state index is 0. The second-order valence-corrected chi connectivity index (χ2v) is 7.52. The van der Waals surface area contributed by atoms with Crippen molar-refractivity contribution in [3.63, 3.8) is 0 Å². The number of likely N-dealkylation sites (tertiary alicyclic amines) is 1. The molecule has 0 bridgehead atoms. The Morgan fingerprint density at radius 3 is 2.74 bits per heavy atom. The van der Waals surface area contributed by atoms with Crippen LogP contribution < -0.4 is 5.32 Å². The molecule has 27 heavy (non-hydrogen) atoms. The molecule has 1 unspecified atom stereocenters. The highest BCUT2D eigenvalue weighted by atomic mass is 127. The summed E-state index contributed by atoms with van der Waals surface area (Å²) in [5.41, 5.74) is 1.14. The van der Waals surface area contributed by atoms with E-state index in [1.807, 2.05) is 24.1 Å². The first-order chi connectivity index (χ1) is 12.7. The fraction of sp³-hybridized carbons (Fsp3) is 0.789. The number of nitrogens with one attached hydrogen (secondary N) is 1. The van der Waals surface area contributed by atoms with Crippen LogP contribution in [0.25, 0.3) is 0 Å². The summed E-state index contributed by atoms with van der Waals surface area (Å²) in [6.07, 6.45) is 7.82. The van der Waals surface area contributed by atoms with Crippen molar-refractivity contribution in [1.82, 2.24) is 24.9 Å². The van der Waals surface area contributed by atoms with Crippen LogP contribution in [0.4, 0.5) is 0 Å². The van der Waals surface area contributed by atoms with Crippen molar-refractivity contribution in [1.29, 1.82) is 0 Å². The lowest BCUT2D eigenvalue weighted by molar-refractivity contribution is -0.00805. The fourth-order valence-electron chi connectivity index (χ4n) is 3.78. The lowest BCUT2D eigenvalue weighted by Crippen LogP contribution is -2.48. The molecule has 0 radical (unpaired) electrons. The highest BCUT2D eigenvalue weighted by Gasteiger charge is 2.25. The van der Waals surface area contributed by atoms with E-state index >= 15 is 0 Å². The molecule has 1 N–H and O–H groups in total. The molecule has 0 amide bonds. The molecule has 3 heterocycles. The molecule has 2 saturated heterocycles. The van der Waals surface area contributed by atoms with Gasteiger partial charge < -0.3 is 19.9 Å². The summed E-state index contributed by atoms with van der Waals surface area (Å²) in [6.45, 7) is 8.82. The lowest BCUT2D eigenvalue weighted by Gasteiger charge is -2.35. The normalized spacial score (nSPS) is 22.6. The number of aromatic nitrogens is 2. The van der Waals surface area contributed by atoms with Crippen molar-refractivity contribution in [3.8, 4) is 0 Å². The van der Waals surface area contributed by atoms with Crippen LogP contribution in [0, 0.1) is 5.92 Å². The first-order valence-electron chi connectivity index (χ1n) is 9.97. The second-order valence-electron chi connectivity index (χ2n) is 7.52. The van der Waals surface area contributed by atoms with Gasteiger partial charge in [-0.25, -0.2) is 0 Å². The minimum Gasteiger partial charge on any atom is -0.370 e. The predicted octanol–water partition coefficient (Wildman–Crippen LogP) is 2.11. The van der Waals surface area contributed by atoms with Crippen LogP contribution in [0.2, 0.25) is 0 Å². The number of aryl methyl sites for hydroxylation is 1. The number of halogens is 1. The van der Waals surface area contributed by atoms with Gasteiger partial charge in [-0.3, -0.25) is 9.67 Å². The van der Waals surface area contributed by atoms with Gasteiger partial charge >= 0.3 is 0 Å². The van der Waals surface area contributed by atoms with Crippen LogP contribution >= 0.6 is 24.0 Å². The van der Waals surface area contributed by atoms with Crippen molar-refractivity contribution in [2.45, 2.75) is 32.3 Å². The zero-order chi connectivity index (χ0) is 18.4. The number of ether oxygens (including phenoxy) is 1. The van der Waals surface area contributed by atoms with Crippen LogP contribution in [-0.2, 0) is 11.8 Å². The van der Waals surface area contributed by atoms with Gasteiger partial charge in [0.15, 0.2) is 5.96 Å². The standard InChI is InChI=1S/C19H34N6O.HI/c1-4-20-19(21-8-5-16-6-9-23(2)10-7-16)25-11-12-26-18(15-25)17-13-22-24(3)14-17;/h13-14,16,18H,4-12,15H2,1-3H3,(H,20,21);1H. The molecule has 2 fully saturated rings. The van der Waals surface area contributed by atoms with E-state index in [1.54, 1.807) is 0 Å². The van der Waals surface area contributed by atoms with E-state index in [2.05, 4.69) is 34.2 Å². The van der Waals surface area contributed by atoms with Gasteiger partial charge in [-0.05, 0) is 52.2 Å². The third-order valence-corrected chi connectivity index (χ3v) is 5.43.